The zero-order valence-electron chi connectivity index (χ0n) is 13.0. The molecular weight excluding hydrogens is 268 g/mol. The highest BCUT2D eigenvalue weighted by atomic mass is 16.4. The molecule has 0 radical (unpaired) electrons. The average Bonchev–Trinajstić information content (AvgIpc) is 2.40. The van der Waals surface area contributed by atoms with Crippen LogP contribution in [0.15, 0.2) is 24.3 Å². The van der Waals surface area contributed by atoms with Gasteiger partial charge in [0.15, 0.2) is 0 Å². The number of amides is 1. The van der Waals surface area contributed by atoms with Crippen LogP contribution in [0.1, 0.15) is 24.5 Å². The number of carboxylic acids is 1. The van der Waals surface area contributed by atoms with E-state index in [0.717, 1.165) is 24.1 Å². The lowest BCUT2D eigenvalue weighted by molar-refractivity contribution is -0.136. The van der Waals surface area contributed by atoms with Crippen molar-refractivity contribution in [2.45, 2.75) is 26.3 Å². The standard InChI is InChI=1S/C16H24N2O3/c1-4-9-18(12-15(19)17(2)3)11-14-8-6-5-7-13(14)10-16(20)21/h5-8H,4,9-12H2,1-3H3,(H,20,21). The predicted molar refractivity (Wildman–Crippen MR) is 82.0 cm³/mol. The molecule has 0 aromatic heterocycles. The van der Waals surface area contributed by atoms with E-state index in [1.54, 1.807) is 19.0 Å². The smallest absolute Gasteiger partial charge is 0.307 e. The molecule has 21 heavy (non-hydrogen) atoms. The fourth-order valence-corrected chi connectivity index (χ4v) is 2.15. The van der Waals surface area contributed by atoms with Crippen molar-refractivity contribution < 1.29 is 14.7 Å². The van der Waals surface area contributed by atoms with Crippen molar-refractivity contribution in [3.8, 4) is 0 Å². The number of hydrogen-bond donors (Lipinski definition) is 1. The minimum atomic E-state index is -0.839. The van der Waals surface area contributed by atoms with Crippen LogP contribution in [0.25, 0.3) is 0 Å². The van der Waals surface area contributed by atoms with Crippen LogP contribution in [0.5, 0.6) is 0 Å². The number of carbonyl (C=O) groups excluding carboxylic acids is 1. The highest BCUT2D eigenvalue weighted by molar-refractivity contribution is 5.77. The molecule has 0 spiro atoms. The predicted octanol–water partition coefficient (Wildman–Crippen LogP) is 1.61. The van der Waals surface area contributed by atoms with Gasteiger partial charge in [-0.3, -0.25) is 14.5 Å². The monoisotopic (exact) mass is 292 g/mol. The van der Waals surface area contributed by atoms with E-state index in [4.69, 9.17) is 5.11 Å². The number of benzene rings is 1. The summed E-state index contributed by atoms with van der Waals surface area (Å²) in [6.45, 7) is 3.82. The Bertz CT molecular complexity index is 486. The molecule has 1 aromatic carbocycles. The number of rotatable bonds is 8. The van der Waals surface area contributed by atoms with E-state index in [-0.39, 0.29) is 12.3 Å². The summed E-state index contributed by atoms with van der Waals surface area (Å²) in [6.07, 6.45) is 0.958. The Morgan fingerprint density at radius 3 is 2.29 bits per heavy atom. The van der Waals surface area contributed by atoms with Gasteiger partial charge in [-0.15, -0.1) is 0 Å². The highest BCUT2D eigenvalue weighted by Gasteiger charge is 2.14. The molecule has 0 aliphatic rings. The maximum atomic E-state index is 11.9. The molecule has 1 rings (SSSR count). The zero-order chi connectivity index (χ0) is 15.8. The van der Waals surface area contributed by atoms with Gasteiger partial charge in [0.25, 0.3) is 0 Å². The van der Waals surface area contributed by atoms with Gasteiger partial charge in [0.05, 0.1) is 13.0 Å². The van der Waals surface area contributed by atoms with Gasteiger partial charge in [-0.25, -0.2) is 0 Å². The Kier molecular flexibility index (Phi) is 6.88. The normalized spacial score (nSPS) is 10.7. The van der Waals surface area contributed by atoms with Crippen LogP contribution in [0.3, 0.4) is 0 Å². The molecule has 0 aliphatic heterocycles. The van der Waals surface area contributed by atoms with Gasteiger partial charge in [0.1, 0.15) is 0 Å². The molecule has 0 heterocycles. The largest absolute Gasteiger partial charge is 0.481 e. The Balaban J connectivity index is 2.83. The summed E-state index contributed by atoms with van der Waals surface area (Å²) in [6, 6.07) is 7.51. The third-order valence-corrected chi connectivity index (χ3v) is 3.25. The minimum Gasteiger partial charge on any atom is -0.481 e. The Hall–Kier alpha value is -1.88. The number of hydrogen-bond acceptors (Lipinski definition) is 3. The van der Waals surface area contributed by atoms with Crippen molar-refractivity contribution in [1.29, 1.82) is 0 Å². The second-order valence-electron chi connectivity index (χ2n) is 5.34. The molecule has 1 amide bonds. The van der Waals surface area contributed by atoms with Gasteiger partial charge in [-0.1, -0.05) is 31.2 Å². The first-order valence-corrected chi connectivity index (χ1v) is 7.15. The first-order valence-electron chi connectivity index (χ1n) is 7.15. The summed E-state index contributed by atoms with van der Waals surface area (Å²) in [5, 5.41) is 8.97. The van der Waals surface area contributed by atoms with Gasteiger partial charge in [-0.05, 0) is 24.1 Å². The molecule has 1 aromatic rings. The number of nitrogens with zero attached hydrogens (tertiary/aromatic N) is 2. The van der Waals surface area contributed by atoms with E-state index in [2.05, 4.69) is 11.8 Å². The highest BCUT2D eigenvalue weighted by Crippen LogP contribution is 2.13. The van der Waals surface area contributed by atoms with Gasteiger partial charge in [0.2, 0.25) is 5.91 Å². The van der Waals surface area contributed by atoms with Crippen molar-refractivity contribution in [1.82, 2.24) is 9.80 Å². The average molecular weight is 292 g/mol. The second-order valence-corrected chi connectivity index (χ2v) is 5.34. The molecule has 0 aliphatic carbocycles. The van der Waals surface area contributed by atoms with Crippen LogP contribution in [0.4, 0.5) is 0 Å². The summed E-state index contributed by atoms with van der Waals surface area (Å²) >= 11 is 0. The van der Waals surface area contributed by atoms with E-state index in [9.17, 15) is 9.59 Å². The Morgan fingerprint density at radius 1 is 1.14 bits per heavy atom. The summed E-state index contributed by atoms with van der Waals surface area (Å²) in [7, 11) is 3.48. The van der Waals surface area contributed by atoms with Crippen molar-refractivity contribution in [3.63, 3.8) is 0 Å². The van der Waals surface area contributed by atoms with Gasteiger partial charge >= 0.3 is 5.97 Å². The lowest BCUT2D eigenvalue weighted by Gasteiger charge is -2.24. The molecule has 1 N–H and O–H groups in total. The van der Waals surface area contributed by atoms with Crippen molar-refractivity contribution in [2.75, 3.05) is 27.2 Å². The number of aliphatic carboxylic acids is 1. The molecule has 0 unspecified atom stereocenters. The van der Waals surface area contributed by atoms with Gasteiger partial charge in [0, 0.05) is 20.6 Å². The van der Waals surface area contributed by atoms with Crippen LogP contribution < -0.4 is 0 Å². The topological polar surface area (TPSA) is 60.9 Å². The molecule has 0 atom stereocenters. The molecule has 0 bridgehead atoms. The molecular formula is C16H24N2O3. The number of carbonyl (C=O) groups is 2. The number of likely N-dealkylation sites (N-methyl/N-ethyl adjacent to an activating group) is 1. The van der Waals surface area contributed by atoms with Crippen LogP contribution in [-0.4, -0.2) is 54.0 Å². The van der Waals surface area contributed by atoms with Crippen LogP contribution >= 0.6 is 0 Å². The fourth-order valence-electron chi connectivity index (χ4n) is 2.15. The third kappa shape index (κ3) is 5.95. The maximum Gasteiger partial charge on any atom is 0.307 e. The van der Waals surface area contributed by atoms with Crippen molar-refractivity contribution >= 4 is 11.9 Å². The fraction of sp³-hybridized carbons (Fsp3) is 0.500. The van der Waals surface area contributed by atoms with Crippen molar-refractivity contribution in [3.05, 3.63) is 35.4 Å². The molecule has 5 nitrogen and oxygen atoms in total. The van der Waals surface area contributed by atoms with E-state index in [1.165, 1.54) is 0 Å². The number of carboxylic acid groups (broad SMARTS) is 1. The molecule has 116 valence electrons. The zero-order valence-corrected chi connectivity index (χ0v) is 13.0. The van der Waals surface area contributed by atoms with E-state index in [1.807, 2.05) is 24.3 Å². The third-order valence-electron chi connectivity index (χ3n) is 3.25. The van der Waals surface area contributed by atoms with Gasteiger partial charge < -0.3 is 10.0 Å². The van der Waals surface area contributed by atoms with Crippen LogP contribution in [-0.2, 0) is 22.6 Å². The second kappa shape index (κ2) is 8.42. The lowest BCUT2D eigenvalue weighted by atomic mass is 10.0. The summed E-state index contributed by atoms with van der Waals surface area (Å²) in [4.78, 5) is 26.4. The quantitative estimate of drug-likeness (QED) is 0.791. The molecule has 5 heteroatoms. The van der Waals surface area contributed by atoms with Crippen LogP contribution in [0.2, 0.25) is 0 Å². The van der Waals surface area contributed by atoms with Crippen LogP contribution in [0, 0.1) is 0 Å². The summed E-state index contributed by atoms with van der Waals surface area (Å²) < 4.78 is 0. The van der Waals surface area contributed by atoms with E-state index in [0.29, 0.717) is 13.1 Å². The Labute approximate surface area is 126 Å². The lowest BCUT2D eigenvalue weighted by Crippen LogP contribution is -2.36. The first kappa shape index (κ1) is 17.2. The SMILES string of the molecule is CCCN(CC(=O)N(C)C)Cc1ccccc1CC(=O)O. The summed E-state index contributed by atoms with van der Waals surface area (Å²) in [5.74, 6) is -0.784. The minimum absolute atomic E-state index is 0.0117. The Morgan fingerprint density at radius 2 is 1.76 bits per heavy atom. The first-order chi connectivity index (χ1) is 9.93. The van der Waals surface area contributed by atoms with Gasteiger partial charge in [-0.2, -0.15) is 0 Å². The molecule has 0 saturated heterocycles. The van der Waals surface area contributed by atoms with E-state index < -0.39 is 5.97 Å². The molecule has 0 fully saturated rings. The van der Waals surface area contributed by atoms with Crippen molar-refractivity contribution in [2.24, 2.45) is 0 Å². The van der Waals surface area contributed by atoms with E-state index >= 15 is 0 Å². The maximum absolute atomic E-state index is 11.9. The summed E-state index contributed by atoms with van der Waals surface area (Å²) in [5.41, 5.74) is 1.78. The molecule has 0 saturated carbocycles.